The van der Waals surface area contributed by atoms with Gasteiger partial charge in [0.05, 0.1) is 5.69 Å². The Kier molecular flexibility index (Phi) is 5.64. The number of rotatable bonds is 6. The van der Waals surface area contributed by atoms with Crippen LogP contribution in [0.2, 0.25) is 0 Å². The van der Waals surface area contributed by atoms with E-state index in [1.165, 1.54) is 0 Å². The predicted octanol–water partition coefficient (Wildman–Crippen LogP) is 4.52. The molecule has 0 aromatic heterocycles. The van der Waals surface area contributed by atoms with Gasteiger partial charge in [0, 0.05) is 24.8 Å². The lowest BCUT2D eigenvalue weighted by atomic mass is 10.0. The molecular formula is C16H27FN2. The molecule has 0 heterocycles. The van der Waals surface area contributed by atoms with Crippen molar-refractivity contribution in [1.82, 2.24) is 0 Å². The quantitative estimate of drug-likeness (QED) is 0.814. The lowest BCUT2D eigenvalue weighted by Crippen LogP contribution is -2.27. The molecule has 0 aliphatic heterocycles. The molecule has 1 aromatic carbocycles. The minimum Gasteiger partial charge on any atom is -0.382 e. The first-order chi connectivity index (χ1) is 8.86. The Morgan fingerprint density at radius 2 is 1.84 bits per heavy atom. The van der Waals surface area contributed by atoms with Crippen LogP contribution in [0.1, 0.15) is 41.0 Å². The molecule has 1 rings (SSSR count). The van der Waals surface area contributed by atoms with E-state index in [4.69, 9.17) is 0 Å². The number of nitrogens with one attached hydrogen (secondary N) is 1. The van der Waals surface area contributed by atoms with E-state index in [1.807, 2.05) is 24.1 Å². The second-order valence-electron chi connectivity index (χ2n) is 5.69. The third-order valence-corrected chi connectivity index (χ3v) is 3.99. The number of anilines is 2. The van der Waals surface area contributed by atoms with Crippen molar-refractivity contribution in [2.45, 2.75) is 53.1 Å². The van der Waals surface area contributed by atoms with Gasteiger partial charge in [-0.3, -0.25) is 0 Å². The minimum absolute atomic E-state index is 0.169. The first-order valence-corrected chi connectivity index (χ1v) is 7.15. The monoisotopic (exact) mass is 266 g/mol. The number of halogens is 1. The van der Waals surface area contributed by atoms with E-state index >= 15 is 0 Å². The largest absolute Gasteiger partial charge is 0.382 e. The van der Waals surface area contributed by atoms with E-state index in [1.54, 1.807) is 6.07 Å². The molecule has 0 radical (unpaired) electrons. The van der Waals surface area contributed by atoms with E-state index < -0.39 is 0 Å². The van der Waals surface area contributed by atoms with Crippen molar-refractivity contribution in [2.24, 2.45) is 5.92 Å². The Labute approximate surface area is 117 Å². The molecule has 0 fully saturated rings. The molecule has 3 heteroatoms. The molecule has 0 bridgehead atoms. The van der Waals surface area contributed by atoms with Gasteiger partial charge in [0.15, 0.2) is 0 Å². The van der Waals surface area contributed by atoms with Crippen LogP contribution in [0, 0.1) is 11.7 Å². The van der Waals surface area contributed by atoms with Gasteiger partial charge in [0.25, 0.3) is 0 Å². The van der Waals surface area contributed by atoms with E-state index in [0.29, 0.717) is 17.6 Å². The molecule has 2 atom stereocenters. The van der Waals surface area contributed by atoms with Gasteiger partial charge >= 0.3 is 0 Å². The third-order valence-electron chi connectivity index (χ3n) is 3.99. The average molecular weight is 266 g/mol. The number of hydrogen-bond acceptors (Lipinski definition) is 2. The molecule has 2 nitrogen and oxygen atoms in total. The maximum atomic E-state index is 14.1. The summed E-state index contributed by atoms with van der Waals surface area (Å²) >= 11 is 0. The van der Waals surface area contributed by atoms with Crippen LogP contribution in [-0.4, -0.2) is 19.1 Å². The summed E-state index contributed by atoms with van der Waals surface area (Å²) in [6.45, 7) is 10.6. The zero-order chi connectivity index (χ0) is 14.6. The van der Waals surface area contributed by atoms with Crippen LogP contribution in [0.4, 0.5) is 15.8 Å². The topological polar surface area (TPSA) is 15.3 Å². The fraction of sp³-hybridized carbons (Fsp3) is 0.625. The highest BCUT2D eigenvalue weighted by Crippen LogP contribution is 2.24. The summed E-state index contributed by atoms with van der Waals surface area (Å²) in [5.74, 6) is 0.402. The molecule has 108 valence electrons. The molecule has 0 aliphatic rings. The zero-order valence-corrected chi connectivity index (χ0v) is 13.0. The SMILES string of the molecule is CCC(C)C(C)Nc1ccc(N(C)C(C)C)c(F)c1. The summed E-state index contributed by atoms with van der Waals surface area (Å²) in [5, 5.41) is 3.37. The maximum Gasteiger partial charge on any atom is 0.148 e. The van der Waals surface area contributed by atoms with Crippen LogP contribution in [0.3, 0.4) is 0 Å². The number of hydrogen-bond donors (Lipinski definition) is 1. The molecule has 2 unspecified atom stereocenters. The van der Waals surface area contributed by atoms with Crippen molar-refractivity contribution in [3.05, 3.63) is 24.0 Å². The summed E-state index contributed by atoms with van der Waals surface area (Å²) < 4.78 is 14.1. The lowest BCUT2D eigenvalue weighted by Gasteiger charge is -2.25. The fourth-order valence-corrected chi connectivity index (χ4v) is 1.92. The Hall–Kier alpha value is -1.25. The standard InChI is InChI=1S/C16H27FN2/c1-7-12(4)13(5)18-14-8-9-16(15(17)10-14)19(6)11(2)3/h8-13,18H,7H2,1-6H3. The first kappa shape index (κ1) is 15.8. The van der Waals surface area contributed by atoms with Crippen molar-refractivity contribution in [1.29, 1.82) is 0 Å². The molecule has 0 saturated heterocycles. The summed E-state index contributed by atoms with van der Waals surface area (Å²) in [5.41, 5.74) is 1.50. The number of benzene rings is 1. The van der Waals surface area contributed by atoms with Crippen LogP contribution in [0.15, 0.2) is 18.2 Å². The second kappa shape index (κ2) is 6.78. The van der Waals surface area contributed by atoms with Gasteiger partial charge in [-0.25, -0.2) is 4.39 Å². The molecule has 0 saturated carbocycles. The Morgan fingerprint density at radius 1 is 1.21 bits per heavy atom. The van der Waals surface area contributed by atoms with Crippen LogP contribution in [-0.2, 0) is 0 Å². The predicted molar refractivity (Wildman–Crippen MR) is 82.5 cm³/mol. The Bertz CT molecular complexity index is 404. The van der Waals surface area contributed by atoms with Gasteiger partial charge < -0.3 is 10.2 Å². The first-order valence-electron chi connectivity index (χ1n) is 7.15. The Morgan fingerprint density at radius 3 is 2.32 bits per heavy atom. The van der Waals surface area contributed by atoms with Crippen molar-refractivity contribution in [3.63, 3.8) is 0 Å². The summed E-state index contributed by atoms with van der Waals surface area (Å²) in [4.78, 5) is 1.94. The van der Waals surface area contributed by atoms with E-state index in [-0.39, 0.29) is 11.9 Å². The molecule has 0 spiro atoms. The van der Waals surface area contributed by atoms with Crippen molar-refractivity contribution < 1.29 is 4.39 Å². The second-order valence-corrected chi connectivity index (χ2v) is 5.69. The molecule has 1 aromatic rings. The van der Waals surface area contributed by atoms with E-state index in [2.05, 4.69) is 39.9 Å². The highest BCUT2D eigenvalue weighted by molar-refractivity contribution is 5.56. The van der Waals surface area contributed by atoms with Gasteiger partial charge in [0.2, 0.25) is 0 Å². The van der Waals surface area contributed by atoms with E-state index in [9.17, 15) is 4.39 Å². The van der Waals surface area contributed by atoms with Crippen molar-refractivity contribution in [2.75, 3.05) is 17.3 Å². The molecule has 1 N–H and O–H groups in total. The van der Waals surface area contributed by atoms with Gasteiger partial charge in [-0.05, 0) is 44.9 Å². The molecular weight excluding hydrogens is 239 g/mol. The summed E-state index contributed by atoms with van der Waals surface area (Å²) in [6.07, 6.45) is 1.12. The fourth-order valence-electron chi connectivity index (χ4n) is 1.92. The third kappa shape index (κ3) is 4.12. The molecule has 0 amide bonds. The molecule has 0 aliphatic carbocycles. The normalized spacial score (nSPS) is 14.3. The smallest absolute Gasteiger partial charge is 0.148 e. The summed E-state index contributed by atoms with van der Waals surface area (Å²) in [6, 6.07) is 6.02. The minimum atomic E-state index is -0.169. The van der Waals surface area contributed by atoms with Gasteiger partial charge in [-0.1, -0.05) is 20.3 Å². The van der Waals surface area contributed by atoms with Crippen LogP contribution in [0.25, 0.3) is 0 Å². The van der Waals surface area contributed by atoms with Crippen molar-refractivity contribution in [3.8, 4) is 0 Å². The molecule has 19 heavy (non-hydrogen) atoms. The average Bonchev–Trinajstić information content (AvgIpc) is 2.37. The van der Waals surface area contributed by atoms with Gasteiger partial charge in [-0.15, -0.1) is 0 Å². The van der Waals surface area contributed by atoms with Crippen LogP contribution < -0.4 is 10.2 Å². The maximum absolute atomic E-state index is 14.1. The number of nitrogens with zero attached hydrogens (tertiary/aromatic N) is 1. The highest BCUT2D eigenvalue weighted by atomic mass is 19.1. The van der Waals surface area contributed by atoms with Crippen LogP contribution >= 0.6 is 0 Å². The highest BCUT2D eigenvalue weighted by Gasteiger charge is 2.13. The zero-order valence-electron chi connectivity index (χ0n) is 13.0. The van der Waals surface area contributed by atoms with Gasteiger partial charge in [0.1, 0.15) is 5.82 Å². The Balaban J connectivity index is 2.82. The lowest BCUT2D eigenvalue weighted by molar-refractivity contribution is 0.494. The van der Waals surface area contributed by atoms with E-state index in [0.717, 1.165) is 12.1 Å². The van der Waals surface area contributed by atoms with Crippen molar-refractivity contribution >= 4 is 11.4 Å². The van der Waals surface area contributed by atoms with Crippen LogP contribution in [0.5, 0.6) is 0 Å². The summed E-state index contributed by atoms with van der Waals surface area (Å²) in [7, 11) is 1.91. The van der Waals surface area contributed by atoms with Gasteiger partial charge in [-0.2, -0.15) is 0 Å².